The van der Waals surface area contributed by atoms with Crippen LogP contribution in [-0.2, 0) is 6.54 Å². The van der Waals surface area contributed by atoms with Crippen LogP contribution in [0.4, 0.5) is 24.8 Å². The van der Waals surface area contributed by atoms with Crippen molar-refractivity contribution in [1.82, 2.24) is 25.6 Å². The molecular weight excluding hydrogens is 551 g/mol. The number of para-hydroxylation sites is 1. The molecule has 4 N–H and O–H groups in total. The Morgan fingerprint density at radius 2 is 1.76 bits per heavy atom. The van der Waals surface area contributed by atoms with Crippen LogP contribution in [-0.4, -0.2) is 32.8 Å². The normalized spacial score (nSPS) is 11.3. The Labute approximate surface area is 241 Å². The fraction of sp³-hybridized carbons (Fsp3) is 0.207. The molecule has 12 heteroatoms. The number of hydrogen-bond acceptors (Lipinski definition) is 6. The number of nitrogens with one attached hydrogen (secondary N) is 4. The number of rotatable bonds is 11. The molecule has 0 unspecified atom stereocenters. The van der Waals surface area contributed by atoms with Crippen LogP contribution < -0.4 is 26.2 Å². The fourth-order valence-electron chi connectivity index (χ4n) is 3.95. The van der Waals surface area contributed by atoms with Crippen molar-refractivity contribution in [1.29, 1.82) is 0 Å². The third-order valence-corrected chi connectivity index (χ3v) is 6.07. The van der Waals surface area contributed by atoms with Crippen molar-refractivity contribution in [3.63, 3.8) is 0 Å². The largest absolute Gasteiger partial charge is 0.573 e. The predicted molar refractivity (Wildman–Crippen MR) is 159 cm³/mol. The maximum atomic E-state index is 12.5. The van der Waals surface area contributed by atoms with Gasteiger partial charge in [-0.25, -0.2) is 5.43 Å². The number of aromatic nitrogens is 3. The Bertz CT molecular complexity index is 1470. The minimum absolute atomic E-state index is 0.321. The first-order valence-corrected chi connectivity index (χ1v) is 13.2. The molecule has 0 aliphatic carbocycles. The van der Waals surface area contributed by atoms with Gasteiger partial charge in [0.25, 0.3) is 0 Å². The van der Waals surface area contributed by atoms with Crippen LogP contribution in [0.3, 0.4) is 0 Å². The van der Waals surface area contributed by atoms with Crippen molar-refractivity contribution < 1.29 is 17.9 Å². The van der Waals surface area contributed by atoms with E-state index in [0.717, 1.165) is 16.8 Å². The summed E-state index contributed by atoms with van der Waals surface area (Å²) in [6.45, 7) is 8.89. The molecule has 0 bridgehead atoms. The smallest absolute Gasteiger partial charge is 0.406 e. The van der Waals surface area contributed by atoms with Crippen molar-refractivity contribution in [3.8, 4) is 22.8 Å². The average molecular weight is 582 g/mol. The number of anilines is 2. The Kier molecular flexibility index (Phi) is 9.58. The SMILES string of the molecule is C=CCNc1nc(-c2ccc(CNNC(=S)Nc3ccccc3C(C)C)cc2)nn1-c1ccc(OC(F)(F)F)cc1. The Balaban J connectivity index is 1.40. The van der Waals surface area contributed by atoms with Gasteiger partial charge in [-0.2, -0.15) is 9.67 Å². The highest BCUT2D eigenvalue weighted by atomic mass is 32.1. The summed E-state index contributed by atoms with van der Waals surface area (Å²) in [4.78, 5) is 4.58. The van der Waals surface area contributed by atoms with Gasteiger partial charge in [0.15, 0.2) is 10.9 Å². The summed E-state index contributed by atoms with van der Waals surface area (Å²) in [5, 5.41) is 11.4. The molecule has 0 radical (unpaired) electrons. The van der Waals surface area contributed by atoms with Crippen LogP contribution in [0.2, 0.25) is 0 Å². The summed E-state index contributed by atoms with van der Waals surface area (Å²) >= 11 is 5.42. The van der Waals surface area contributed by atoms with Crippen molar-refractivity contribution in [2.24, 2.45) is 0 Å². The molecular formula is C29H30F3N7OS. The van der Waals surface area contributed by atoms with Crippen molar-refractivity contribution in [3.05, 3.63) is 96.6 Å². The molecule has 41 heavy (non-hydrogen) atoms. The van der Waals surface area contributed by atoms with Crippen molar-refractivity contribution in [2.45, 2.75) is 32.7 Å². The van der Waals surface area contributed by atoms with Crippen LogP contribution in [0.1, 0.15) is 30.9 Å². The van der Waals surface area contributed by atoms with E-state index in [-0.39, 0.29) is 5.75 Å². The fourth-order valence-corrected chi connectivity index (χ4v) is 4.13. The van der Waals surface area contributed by atoms with E-state index >= 15 is 0 Å². The third kappa shape index (κ3) is 8.29. The monoisotopic (exact) mass is 581 g/mol. The van der Waals surface area contributed by atoms with Gasteiger partial charge in [-0.3, -0.25) is 5.43 Å². The Morgan fingerprint density at radius 3 is 2.41 bits per heavy atom. The lowest BCUT2D eigenvalue weighted by Gasteiger charge is -2.16. The van der Waals surface area contributed by atoms with Gasteiger partial charge in [0.1, 0.15) is 5.75 Å². The first kappa shape index (κ1) is 29.6. The summed E-state index contributed by atoms with van der Waals surface area (Å²) in [5.41, 5.74) is 10.5. The molecule has 0 saturated carbocycles. The number of ether oxygens (including phenoxy) is 1. The standard InChI is InChI=1S/C29H30F3N7OS/c1-4-17-33-27-36-26(38-39(27)22-13-15-23(16-14-22)40-29(30,31)32)21-11-9-20(10-12-21)18-34-37-28(41)35-25-8-6-5-7-24(25)19(2)3/h4-16,19,34H,1,17-18H2,2-3H3,(H,33,36,38)(H2,35,37,41). The first-order chi connectivity index (χ1) is 19.6. The molecule has 0 amide bonds. The molecule has 4 aromatic rings. The van der Waals surface area contributed by atoms with Gasteiger partial charge < -0.3 is 15.4 Å². The highest BCUT2D eigenvalue weighted by molar-refractivity contribution is 7.80. The molecule has 0 fully saturated rings. The molecule has 0 aliphatic heterocycles. The Morgan fingerprint density at radius 1 is 1.05 bits per heavy atom. The minimum atomic E-state index is -4.77. The molecule has 0 atom stereocenters. The van der Waals surface area contributed by atoms with E-state index in [1.165, 1.54) is 34.5 Å². The molecule has 0 spiro atoms. The number of thiocarbonyl (C=S) groups is 1. The van der Waals surface area contributed by atoms with Gasteiger partial charge in [0.2, 0.25) is 5.95 Å². The summed E-state index contributed by atoms with van der Waals surface area (Å²) in [6.07, 6.45) is -3.10. The van der Waals surface area contributed by atoms with Crippen molar-refractivity contribution in [2.75, 3.05) is 17.2 Å². The van der Waals surface area contributed by atoms with Crippen LogP contribution in [0.5, 0.6) is 5.75 Å². The number of alkyl halides is 3. The van der Waals surface area contributed by atoms with E-state index in [9.17, 15) is 13.2 Å². The van der Waals surface area contributed by atoms with Gasteiger partial charge in [-0.15, -0.1) is 24.8 Å². The van der Waals surface area contributed by atoms with E-state index in [2.05, 4.69) is 62.8 Å². The third-order valence-electron chi connectivity index (χ3n) is 5.86. The second kappa shape index (κ2) is 13.3. The predicted octanol–water partition coefficient (Wildman–Crippen LogP) is 6.55. The number of halogens is 3. The molecule has 1 heterocycles. The molecule has 3 aromatic carbocycles. The second-order valence-electron chi connectivity index (χ2n) is 9.25. The summed E-state index contributed by atoms with van der Waals surface area (Å²) in [6, 6.07) is 21.1. The lowest BCUT2D eigenvalue weighted by atomic mass is 10.0. The quantitative estimate of drug-likeness (QED) is 0.0902. The van der Waals surface area contributed by atoms with Gasteiger partial charge >= 0.3 is 6.36 Å². The van der Waals surface area contributed by atoms with Gasteiger partial charge in [-0.1, -0.05) is 62.4 Å². The number of hydrazine groups is 1. The number of hydrogen-bond donors (Lipinski definition) is 4. The van der Waals surface area contributed by atoms with Crippen LogP contribution in [0.25, 0.3) is 17.1 Å². The summed E-state index contributed by atoms with van der Waals surface area (Å²) in [7, 11) is 0. The minimum Gasteiger partial charge on any atom is -0.406 e. The molecule has 214 valence electrons. The molecule has 0 aliphatic rings. The lowest BCUT2D eigenvalue weighted by molar-refractivity contribution is -0.274. The lowest BCUT2D eigenvalue weighted by Crippen LogP contribution is -2.39. The van der Waals surface area contributed by atoms with E-state index in [0.29, 0.717) is 41.6 Å². The van der Waals surface area contributed by atoms with E-state index in [4.69, 9.17) is 12.2 Å². The zero-order chi connectivity index (χ0) is 29.4. The second-order valence-corrected chi connectivity index (χ2v) is 9.66. The van der Waals surface area contributed by atoms with Crippen molar-refractivity contribution >= 4 is 29.0 Å². The topological polar surface area (TPSA) is 88.1 Å². The van der Waals surface area contributed by atoms with Crippen LogP contribution >= 0.6 is 12.2 Å². The zero-order valence-corrected chi connectivity index (χ0v) is 23.3. The zero-order valence-electron chi connectivity index (χ0n) is 22.5. The van der Waals surface area contributed by atoms with E-state index in [1.54, 1.807) is 6.08 Å². The average Bonchev–Trinajstić information content (AvgIpc) is 3.36. The van der Waals surface area contributed by atoms with Crippen LogP contribution in [0.15, 0.2) is 85.5 Å². The summed E-state index contributed by atoms with van der Waals surface area (Å²) in [5.74, 6) is 0.900. The molecule has 8 nitrogen and oxygen atoms in total. The maximum Gasteiger partial charge on any atom is 0.573 e. The van der Waals surface area contributed by atoms with E-state index < -0.39 is 6.36 Å². The summed E-state index contributed by atoms with van der Waals surface area (Å²) < 4.78 is 43.0. The molecule has 1 aromatic heterocycles. The molecule has 4 rings (SSSR count). The number of benzene rings is 3. The number of nitrogens with zero attached hydrogens (tertiary/aromatic N) is 3. The van der Waals surface area contributed by atoms with Gasteiger partial charge in [0, 0.05) is 24.3 Å². The van der Waals surface area contributed by atoms with Crippen LogP contribution in [0, 0.1) is 0 Å². The first-order valence-electron chi connectivity index (χ1n) is 12.8. The Hall–Kier alpha value is -4.42. The highest BCUT2D eigenvalue weighted by Crippen LogP contribution is 2.26. The maximum absolute atomic E-state index is 12.5. The highest BCUT2D eigenvalue weighted by Gasteiger charge is 2.31. The van der Waals surface area contributed by atoms with Gasteiger partial charge in [-0.05, 0) is 59.6 Å². The molecule has 0 saturated heterocycles. The van der Waals surface area contributed by atoms with E-state index in [1.807, 2.05) is 42.5 Å². The van der Waals surface area contributed by atoms with Gasteiger partial charge in [0.05, 0.1) is 5.69 Å².